The standard InChI is InChI=1S/C18H25N5O2/c1-14-12-15(2)20-17(16(14)13-19)21-4-3-5-22(7-6-21)18(24)23-8-10-25-11-9-23/h12H,3-11H2,1-2H3. The van der Waals surface area contributed by atoms with Crippen LogP contribution in [0, 0.1) is 25.2 Å². The number of nitrogens with zero attached hydrogens (tertiary/aromatic N) is 5. The van der Waals surface area contributed by atoms with Gasteiger partial charge < -0.3 is 19.4 Å². The van der Waals surface area contributed by atoms with Crippen LogP contribution in [0.1, 0.15) is 23.2 Å². The second-order valence-electron chi connectivity index (χ2n) is 6.60. The summed E-state index contributed by atoms with van der Waals surface area (Å²) in [5, 5.41) is 9.50. The molecule has 0 aliphatic carbocycles. The molecule has 2 amide bonds. The van der Waals surface area contributed by atoms with Crippen molar-refractivity contribution >= 4 is 11.8 Å². The minimum absolute atomic E-state index is 0.0963. The fourth-order valence-corrected chi connectivity index (χ4v) is 3.46. The Hall–Kier alpha value is -2.33. The number of hydrogen-bond acceptors (Lipinski definition) is 5. The van der Waals surface area contributed by atoms with Crippen LogP contribution in [0.4, 0.5) is 10.6 Å². The molecule has 1 aromatic heterocycles. The first-order chi connectivity index (χ1) is 12.1. The van der Waals surface area contributed by atoms with E-state index in [4.69, 9.17) is 4.74 Å². The van der Waals surface area contributed by atoms with Crippen LogP contribution in [0.5, 0.6) is 0 Å². The largest absolute Gasteiger partial charge is 0.378 e. The van der Waals surface area contributed by atoms with E-state index in [2.05, 4.69) is 16.0 Å². The van der Waals surface area contributed by atoms with Gasteiger partial charge in [-0.2, -0.15) is 5.26 Å². The Kier molecular flexibility index (Phi) is 5.39. The van der Waals surface area contributed by atoms with Crippen molar-refractivity contribution in [3.8, 4) is 6.07 Å². The first-order valence-corrected chi connectivity index (χ1v) is 8.85. The Bertz CT molecular complexity index is 679. The van der Waals surface area contributed by atoms with E-state index in [0.29, 0.717) is 45.0 Å². The van der Waals surface area contributed by atoms with Gasteiger partial charge in [0.1, 0.15) is 11.9 Å². The van der Waals surface area contributed by atoms with Gasteiger partial charge in [-0.05, 0) is 31.9 Å². The highest BCUT2D eigenvalue weighted by atomic mass is 16.5. The lowest BCUT2D eigenvalue weighted by Crippen LogP contribution is -2.49. The summed E-state index contributed by atoms with van der Waals surface area (Å²) in [7, 11) is 0. The zero-order valence-electron chi connectivity index (χ0n) is 15.0. The minimum atomic E-state index is 0.0963. The average Bonchev–Trinajstić information content (AvgIpc) is 2.87. The van der Waals surface area contributed by atoms with Crippen LogP contribution in [0.2, 0.25) is 0 Å². The van der Waals surface area contributed by atoms with Crippen molar-refractivity contribution in [1.82, 2.24) is 14.8 Å². The van der Waals surface area contributed by atoms with Crippen LogP contribution >= 0.6 is 0 Å². The number of urea groups is 1. The normalized spacial score (nSPS) is 18.7. The van der Waals surface area contributed by atoms with Crippen molar-refractivity contribution in [2.45, 2.75) is 20.3 Å². The molecular weight excluding hydrogens is 318 g/mol. The average molecular weight is 343 g/mol. The third-order valence-electron chi connectivity index (χ3n) is 4.78. The summed E-state index contributed by atoms with van der Waals surface area (Å²) in [4.78, 5) is 23.2. The van der Waals surface area contributed by atoms with E-state index >= 15 is 0 Å². The molecule has 0 unspecified atom stereocenters. The number of carbonyl (C=O) groups excluding carboxylic acids is 1. The van der Waals surface area contributed by atoms with Gasteiger partial charge in [-0.15, -0.1) is 0 Å². The van der Waals surface area contributed by atoms with E-state index in [0.717, 1.165) is 36.6 Å². The SMILES string of the molecule is Cc1cc(C)c(C#N)c(N2CCCN(C(=O)N3CCOCC3)CC2)n1. The molecule has 1 aromatic rings. The van der Waals surface area contributed by atoms with Gasteiger partial charge in [0, 0.05) is 45.0 Å². The Morgan fingerprint density at radius 1 is 1.12 bits per heavy atom. The van der Waals surface area contributed by atoms with Gasteiger partial charge in [0.15, 0.2) is 0 Å². The summed E-state index contributed by atoms with van der Waals surface area (Å²) in [6.45, 7) is 9.33. The first-order valence-electron chi connectivity index (χ1n) is 8.85. The molecule has 2 aliphatic rings. The van der Waals surface area contributed by atoms with Crippen molar-refractivity contribution in [1.29, 1.82) is 5.26 Å². The van der Waals surface area contributed by atoms with Gasteiger partial charge >= 0.3 is 6.03 Å². The molecule has 0 aromatic carbocycles. The fraction of sp³-hybridized carbons (Fsp3) is 0.611. The Labute approximate surface area is 148 Å². The molecule has 0 atom stereocenters. The number of aromatic nitrogens is 1. The molecule has 25 heavy (non-hydrogen) atoms. The zero-order chi connectivity index (χ0) is 17.8. The second-order valence-corrected chi connectivity index (χ2v) is 6.60. The van der Waals surface area contributed by atoms with Crippen LogP contribution in [0.25, 0.3) is 0 Å². The molecule has 0 bridgehead atoms. The number of ether oxygens (including phenoxy) is 1. The lowest BCUT2D eigenvalue weighted by Gasteiger charge is -2.32. The number of morpholine rings is 1. The maximum Gasteiger partial charge on any atom is 0.320 e. The Morgan fingerprint density at radius 2 is 1.84 bits per heavy atom. The van der Waals surface area contributed by atoms with Crippen LogP contribution < -0.4 is 4.90 Å². The number of aryl methyl sites for hydroxylation is 2. The van der Waals surface area contributed by atoms with Gasteiger partial charge in [0.05, 0.1) is 18.8 Å². The topological polar surface area (TPSA) is 72.7 Å². The number of nitriles is 1. The maximum absolute atomic E-state index is 12.7. The van der Waals surface area contributed by atoms with E-state index in [1.54, 1.807) is 0 Å². The smallest absolute Gasteiger partial charge is 0.320 e. The fourth-order valence-electron chi connectivity index (χ4n) is 3.46. The molecule has 2 saturated heterocycles. The molecule has 134 valence electrons. The van der Waals surface area contributed by atoms with Crippen LogP contribution in [-0.2, 0) is 4.74 Å². The molecule has 7 heteroatoms. The molecule has 3 rings (SSSR count). The molecule has 0 spiro atoms. The highest BCUT2D eigenvalue weighted by molar-refractivity contribution is 5.74. The predicted octanol–water partition coefficient (Wildman–Crippen LogP) is 1.53. The molecule has 2 aliphatic heterocycles. The van der Waals surface area contributed by atoms with E-state index in [1.807, 2.05) is 29.7 Å². The van der Waals surface area contributed by atoms with E-state index in [9.17, 15) is 10.1 Å². The maximum atomic E-state index is 12.7. The van der Waals surface area contributed by atoms with Gasteiger partial charge in [0.2, 0.25) is 0 Å². The number of amides is 2. The number of rotatable bonds is 1. The van der Waals surface area contributed by atoms with Crippen molar-refractivity contribution in [3.63, 3.8) is 0 Å². The van der Waals surface area contributed by atoms with Crippen LogP contribution in [0.3, 0.4) is 0 Å². The molecular formula is C18H25N5O2. The molecule has 0 saturated carbocycles. The van der Waals surface area contributed by atoms with E-state index in [-0.39, 0.29) is 6.03 Å². The highest BCUT2D eigenvalue weighted by Gasteiger charge is 2.26. The summed E-state index contributed by atoms with van der Waals surface area (Å²) >= 11 is 0. The number of carbonyl (C=O) groups is 1. The Morgan fingerprint density at radius 3 is 2.56 bits per heavy atom. The molecule has 0 N–H and O–H groups in total. The summed E-state index contributed by atoms with van der Waals surface area (Å²) in [6, 6.07) is 4.32. The summed E-state index contributed by atoms with van der Waals surface area (Å²) < 4.78 is 5.33. The predicted molar refractivity (Wildman–Crippen MR) is 94.6 cm³/mol. The summed E-state index contributed by atoms with van der Waals surface area (Å²) in [6.07, 6.45) is 0.871. The molecule has 0 radical (unpaired) electrons. The first kappa shape index (κ1) is 17.5. The molecule has 3 heterocycles. The summed E-state index contributed by atoms with van der Waals surface area (Å²) in [5.74, 6) is 0.751. The zero-order valence-corrected chi connectivity index (χ0v) is 15.0. The van der Waals surface area contributed by atoms with Crippen molar-refractivity contribution in [2.24, 2.45) is 0 Å². The molecule has 2 fully saturated rings. The molecule has 7 nitrogen and oxygen atoms in total. The number of anilines is 1. The minimum Gasteiger partial charge on any atom is -0.378 e. The van der Waals surface area contributed by atoms with Gasteiger partial charge in [-0.3, -0.25) is 0 Å². The van der Waals surface area contributed by atoms with Crippen LogP contribution in [0.15, 0.2) is 6.07 Å². The second kappa shape index (κ2) is 7.70. The van der Waals surface area contributed by atoms with Gasteiger partial charge in [-0.25, -0.2) is 9.78 Å². The lowest BCUT2D eigenvalue weighted by atomic mass is 10.1. The monoisotopic (exact) mass is 343 g/mol. The third-order valence-corrected chi connectivity index (χ3v) is 4.78. The highest BCUT2D eigenvalue weighted by Crippen LogP contribution is 2.23. The number of pyridine rings is 1. The Balaban J connectivity index is 1.72. The van der Waals surface area contributed by atoms with E-state index in [1.165, 1.54) is 0 Å². The lowest BCUT2D eigenvalue weighted by molar-refractivity contribution is 0.0438. The third kappa shape index (κ3) is 3.85. The van der Waals surface area contributed by atoms with E-state index < -0.39 is 0 Å². The summed E-state index contributed by atoms with van der Waals surface area (Å²) in [5.41, 5.74) is 2.51. The van der Waals surface area contributed by atoms with Gasteiger partial charge in [0.25, 0.3) is 0 Å². The van der Waals surface area contributed by atoms with Crippen LogP contribution in [-0.4, -0.2) is 73.3 Å². The van der Waals surface area contributed by atoms with Gasteiger partial charge in [-0.1, -0.05) is 0 Å². The van der Waals surface area contributed by atoms with Crippen molar-refractivity contribution in [3.05, 3.63) is 22.9 Å². The van der Waals surface area contributed by atoms with Crippen molar-refractivity contribution < 1.29 is 9.53 Å². The quantitative estimate of drug-likeness (QED) is 0.773. The van der Waals surface area contributed by atoms with Crippen molar-refractivity contribution in [2.75, 3.05) is 57.4 Å². The number of hydrogen-bond donors (Lipinski definition) is 0.